The summed E-state index contributed by atoms with van der Waals surface area (Å²) >= 11 is 5.81. The summed E-state index contributed by atoms with van der Waals surface area (Å²) in [4.78, 5) is 12.3. The van der Waals surface area contributed by atoms with Crippen molar-refractivity contribution in [2.24, 2.45) is 0 Å². The normalized spacial score (nSPS) is 10.8. The first-order valence-electron chi connectivity index (χ1n) is 5.67. The molecule has 0 aliphatic carbocycles. The molecule has 0 saturated heterocycles. The van der Waals surface area contributed by atoms with Gasteiger partial charge in [0.1, 0.15) is 16.6 Å². The Bertz CT molecular complexity index is 670. The van der Waals surface area contributed by atoms with Gasteiger partial charge < -0.3 is 15.5 Å². The number of nitrogen functional groups attached to an aromatic ring is 1. The summed E-state index contributed by atoms with van der Waals surface area (Å²) in [7, 11) is 0. The number of imidazole rings is 1. The number of fused-ring (bicyclic) bond motifs is 1. The van der Waals surface area contributed by atoms with Crippen LogP contribution in [0.15, 0.2) is 36.7 Å². The maximum Gasteiger partial charge on any atom is 0.223 e. The molecule has 7 heteroatoms. The Hall–Kier alpha value is -2.34. The molecule has 3 rings (SSSR count). The molecule has 6 nitrogen and oxygen atoms in total. The second-order valence-corrected chi connectivity index (χ2v) is 4.37. The van der Waals surface area contributed by atoms with E-state index in [0.29, 0.717) is 17.5 Å². The monoisotopic (exact) mass is 274 g/mol. The lowest BCUT2D eigenvalue weighted by Crippen LogP contribution is -2.04. The zero-order chi connectivity index (χ0) is 13.2. The molecule has 19 heavy (non-hydrogen) atoms. The van der Waals surface area contributed by atoms with E-state index in [9.17, 15) is 0 Å². The summed E-state index contributed by atoms with van der Waals surface area (Å²) in [6.45, 7) is 0.536. The Morgan fingerprint density at radius 2 is 2.16 bits per heavy atom. The second-order valence-electron chi connectivity index (χ2n) is 3.99. The van der Waals surface area contributed by atoms with Gasteiger partial charge in [-0.05, 0) is 12.1 Å². The van der Waals surface area contributed by atoms with E-state index in [2.05, 4.69) is 20.3 Å². The Kier molecular flexibility index (Phi) is 2.92. The molecule has 3 aromatic heterocycles. The Morgan fingerprint density at radius 3 is 2.95 bits per heavy atom. The van der Waals surface area contributed by atoms with Crippen molar-refractivity contribution in [3.63, 3.8) is 0 Å². The highest BCUT2D eigenvalue weighted by molar-refractivity contribution is 6.29. The van der Waals surface area contributed by atoms with Crippen LogP contribution < -0.4 is 11.1 Å². The topological polar surface area (TPSA) is 81.1 Å². The molecular weight excluding hydrogens is 264 g/mol. The van der Waals surface area contributed by atoms with E-state index in [1.165, 1.54) is 0 Å². The van der Waals surface area contributed by atoms with Crippen molar-refractivity contribution in [2.75, 3.05) is 11.1 Å². The van der Waals surface area contributed by atoms with E-state index >= 15 is 0 Å². The molecule has 3 N–H and O–H groups in total. The van der Waals surface area contributed by atoms with Gasteiger partial charge in [-0.1, -0.05) is 17.7 Å². The van der Waals surface area contributed by atoms with Crippen molar-refractivity contribution >= 4 is 29.0 Å². The molecule has 0 saturated carbocycles. The lowest BCUT2D eigenvalue weighted by atomic mass is 10.4. The standard InChI is InChI=1S/C12H11ClN6/c13-9-5-10(18-12(14)17-9)15-6-8-7-19-4-2-1-3-11(19)16-8/h1-5,7H,6H2,(H3,14,15,17,18). The quantitative estimate of drug-likeness (QED) is 0.714. The van der Waals surface area contributed by atoms with E-state index in [1.54, 1.807) is 6.07 Å². The SMILES string of the molecule is Nc1nc(Cl)cc(NCc2cn3ccccc3n2)n1. The van der Waals surface area contributed by atoms with Crippen LogP contribution in [-0.2, 0) is 6.54 Å². The average Bonchev–Trinajstić information content (AvgIpc) is 2.78. The summed E-state index contributed by atoms with van der Waals surface area (Å²) in [6, 6.07) is 7.47. The van der Waals surface area contributed by atoms with Gasteiger partial charge in [0.05, 0.1) is 12.2 Å². The van der Waals surface area contributed by atoms with Gasteiger partial charge in [0.25, 0.3) is 0 Å². The molecule has 0 unspecified atom stereocenters. The number of nitrogens with zero attached hydrogens (tertiary/aromatic N) is 4. The van der Waals surface area contributed by atoms with Crippen LogP contribution in [0.3, 0.4) is 0 Å². The maximum absolute atomic E-state index is 5.81. The van der Waals surface area contributed by atoms with Crippen molar-refractivity contribution in [1.82, 2.24) is 19.4 Å². The van der Waals surface area contributed by atoms with Gasteiger partial charge in [0, 0.05) is 18.5 Å². The van der Waals surface area contributed by atoms with Crippen LogP contribution in [0.1, 0.15) is 5.69 Å². The van der Waals surface area contributed by atoms with Crippen molar-refractivity contribution in [2.45, 2.75) is 6.54 Å². The number of hydrogen-bond donors (Lipinski definition) is 2. The zero-order valence-corrected chi connectivity index (χ0v) is 10.7. The summed E-state index contributed by atoms with van der Waals surface area (Å²) < 4.78 is 1.96. The molecule has 96 valence electrons. The van der Waals surface area contributed by atoms with E-state index in [4.69, 9.17) is 17.3 Å². The van der Waals surface area contributed by atoms with Crippen molar-refractivity contribution in [1.29, 1.82) is 0 Å². The van der Waals surface area contributed by atoms with Gasteiger partial charge in [-0.2, -0.15) is 4.98 Å². The number of nitrogens with two attached hydrogens (primary N) is 1. The highest BCUT2D eigenvalue weighted by Gasteiger charge is 2.03. The molecule has 0 atom stereocenters. The summed E-state index contributed by atoms with van der Waals surface area (Å²) in [5.74, 6) is 0.722. The van der Waals surface area contributed by atoms with Gasteiger partial charge in [-0.25, -0.2) is 9.97 Å². The molecule has 0 aliphatic heterocycles. The van der Waals surface area contributed by atoms with Gasteiger partial charge in [-0.15, -0.1) is 0 Å². The fourth-order valence-electron chi connectivity index (χ4n) is 1.78. The minimum atomic E-state index is 0.144. The number of aromatic nitrogens is 4. The molecular formula is C12H11ClN6. The van der Waals surface area contributed by atoms with Crippen molar-refractivity contribution in [3.8, 4) is 0 Å². The predicted octanol–water partition coefficient (Wildman–Crippen LogP) is 1.97. The third-order valence-electron chi connectivity index (χ3n) is 2.58. The van der Waals surface area contributed by atoms with Crippen molar-refractivity contribution < 1.29 is 0 Å². The summed E-state index contributed by atoms with van der Waals surface area (Å²) in [5.41, 5.74) is 7.33. The number of halogens is 1. The largest absolute Gasteiger partial charge is 0.368 e. The minimum absolute atomic E-state index is 0.144. The molecule has 0 spiro atoms. The Labute approximate surface area is 114 Å². The second kappa shape index (κ2) is 4.74. The van der Waals surface area contributed by atoms with E-state index < -0.39 is 0 Å². The molecule has 0 fully saturated rings. The van der Waals surface area contributed by atoms with Gasteiger partial charge in [-0.3, -0.25) is 0 Å². The zero-order valence-electron chi connectivity index (χ0n) is 9.92. The third-order valence-corrected chi connectivity index (χ3v) is 2.77. The van der Waals surface area contributed by atoms with Crippen LogP contribution in [-0.4, -0.2) is 19.4 Å². The molecule has 3 heterocycles. The number of nitrogens with one attached hydrogen (secondary N) is 1. The highest BCUT2D eigenvalue weighted by Crippen LogP contribution is 2.13. The molecule has 3 aromatic rings. The van der Waals surface area contributed by atoms with Crippen LogP contribution in [0, 0.1) is 0 Å². The Morgan fingerprint density at radius 1 is 1.26 bits per heavy atom. The molecule has 0 aromatic carbocycles. The fraction of sp³-hybridized carbons (Fsp3) is 0.0833. The first kappa shape index (κ1) is 11.7. The third kappa shape index (κ3) is 2.58. The van der Waals surface area contributed by atoms with Crippen LogP contribution in [0.2, 0.25) is 5.15 Å². The summed E-state index contributed by atoms with van der Waals surface area (Å²) in [5, 5.41) is 3.42. The maximum atomic E-state index is 5.81. The number of hydrogen-bond acceptors (Lipinski definition) is 5. The Balaban J connectivity index is 1.78. The van der Waals surface area contributed by atoms with E-state index in [-0.39, 0.29) is 5.95 Å². The number of rotatable bonds is 3. The van der Waals surface area contributed by atoms with Crippen molar-refractivity contribution in [3.05, 3.63) is 47.5 Å². The lowest BCUT2D eigenvalue weighted by molar-refractivity contribution is 1.05. The predicted molar refractivity (Wildman–Crippen MR) is 74.0 cm³/mol. The number of pyridine rings is 1. The van der Waals surface area contributed by atoms with Gasteiger partial charge in [0.2, 0.25) is 5.95 Å². The van der Waals surface area contributed by atoms with E-state index in [1.807, 2.05) is 35.0 Å². The van der Waals surface area contributed by atoms with Crippen LogP contribution >= 0.6 is 11.6 Å². The van der Waals surface area contributed by atoms with Crippen LogP contribution in [0.4, 0.5) is 11.8 Å². The van der Waals surface area contributed by atoms with Gasteiger partial charge in [0.15, 0.2) is 0 Å². The molecule has 0 amide bonds. The molecule has 0 bridgehead atoms. The highest BCUT2D eigenvalue weighted by atomic mass is 35.5. The smallest absolute Gasteiger partial charge is 0.223 e. The fourth-order valence-corrected chi connectivity index (χ4v) is 1.97. The number of anilines is 2. The van der Waals surface area contributed by atoms with Crippen LogP contribution in [0.5, 0.6) is 0 Å². The lowest BCUT2D eigenvalue weighted by Gasteiger charge is -2.04. The molecule has 0 radical (unpaired) electrons. The van der Waals surface area contributed by atoms with Crippen LogP contribution in [0.25, 0.3) is 5.65 Å². The molecule has 0 aliphatic rings. The first-order chi connectivity index (χ1) is 9.20. The first-order valence-corrected chi connectivity index (χ1v) is 6.05. The summed E-state index contributed by atoms with van der Waals surface area (Å²) in [6.07, 6.45) is 3.90. The minimum Gasteiger partial charge on any atom is -0.368 e. The van der Waals surface area contributed by atoms with E-state index in [0.717, 1.165) is 11.3 Å². The van der Waals surface area contributed by atoms with Gasteiger partial charge >= 0.3 is 0 Å². The average molecular weight is 275 g/mol.